The van der Waals surface area contributed by atoms with Gasteiger partial charge >= 0.3 is 5.97 Å². The Labute approximate surface area is 256 Å². The van der Waals surface area contributed by atoms with Gasteiger partial charge in [-0.15, -0.1) is 0 Å². The highest BCUT2D eigenvalue weighted by Crippen LogP contribution is 2.09. The molecule has 0 spiro atoms. The maximum absolute atomic E-state index is 13.6. The van der Waals surface area contributed by atoms with E-state index in [1.54, 1.807) is 30.3 Å². The van der Waals surface area contributed by atoms with Gasteiger partial charge in [0.1, 0.15) is 24.2 Å². The molecule has 0 radical (unpaired) electrons. The van der Waals surface area contributed by atoms with Crippen molar-refractivity contribution in [3.8, 4) is 0 Å². The number of aliphatic carboxylic acids is 1. The topological polar surface area (TPSA) is 264 Å². The van der Waals surface area contributed by atoms with Crippen LogP contribution >= 0.6 is 12.6 Å². The number of carbonyl (C=O) groups is 5. The van der Waals surface area contributed by atoms with Gasteiger partial charge in [-0.3, -0.25) is 24.2 Å². The van der Waals surface area contributed by atoms with E-state index in [0.29, 0.717) is 5.56 Å². The fraction of sp³-hybridized carbons (Fsp3) is 0.556. The van der Waals surface area contributed by atoms with Crippen LogP contribution < -0.4 is 38.5 Å². The zero-order valence-electron chi connectivity index (χ0n) is 24.4. The van der Waals surface area contributed by atoms with Gasteiger partial charge in [0, 0.05) is 18.7 Å². The van der Waals surface area contributed by atoms with E-state index < -0.39 is 66.4 Å². The van der Waals surface area contributed by atoms with Crippen molar-refractivity contribution in [2.75, 3.05) is 18.9 Å². The second-order valence-electron chi connectivity index (χ2n) is 10.3. The number of carbonyl (C=O) groups excluding carboxylic acids is 4. The van der Waals surface area contributed by atoms with Crippen molar-refractivity contribution in [1.82, 2.24) is 21.3 Å². The quantitative estimate of drug-likeness (QED) is 0.0337. The number of benzene rings is 1. The first-order valence-electron chi connectivity index (χ1n) is 13.8. The largest absolute Gasteiger partial charge is 0.480 e. The molecule has 0 heterocycles. The van der Waals surface area contributed by atoms with Crippen molar-refractivity contribution in [2.45, 2.75) is 69.7 Å². The molecule has 1 aromatic carbocycles. The maximum atomic E-state index is 13.6. The van der Waals surface area contributed by atoms with Gasteiger partial charge in [-0.2, -0.15) is 12.6 Å². The summed E-state index contributed by atoms with van der Waals surface area (Å²) in [7, 11) is 0. The summed E-state index contributed by atoms with van der Waals surface area (Å²) in [6.45, 7) is 2.98. The van der Waals surface area contributed by atoms with Crippen LogP contribution in [0.2, 0.25) is 0 Å². The molecule has 0 bridgehead atoms. The number of aliphatic hydroxyl groups is 1. The van der Waals surface area contributed by atoms with Crippen LogP contribution in [0.15, 0.2) is 35.3 Å². The Morgan fingerprint density at radius 1 is 0.860 bits per heavy atom. The second-order valence-corrected chi connectivity index (χ2v) is 10.7. The molecule has 1 aromatic rings. The molecule has 0 aliphatic carbocycles. The van der Waals surface area contributed by atoms with Crippen LogP contribution in [-0.2, 0) is 30.4 Å². The van der Waals surface area contributed by atoms with Crippen LogP contribution in [-0.4, -0.2) is 94.9 Å². The molecule has 0 fully saturated rings. The number of nitrogens with one attached hydrogen (secondary N) is 4. The van der Waals surface area contributed by atoms with Crippen LogP contribution in [0, 0.1) is 5.92 Å². The lowest BCUT2D eigenvalue weighted by Crippen LogP contribution is -2.59. The molecular weight excluding hydrogens is 580 g/mol. The van der Waals surface area contributed by atoms with E-state index in [1.165, 1.54) is 0 Å². The van der Waals surface area contributed by atoms with E-state index in [1.807, 2.05) is 13.8 Å². The fourth-order valence-electron chi connectivity index (χ4n) is 3.90. The number of hydrogen-bond donors (Lipinski definition) is 10. The van der Waals surface area contributed by atoms with E-state index in [-0.39, 0.29) is 49.9 Å². The Bertz CT molecular complexity index is 1100. The van der Waals surface area contributed by atoms with E-state index in [4.69, 9.17) is 17.2 Å². The van der Waals surface area contributed by atoms with Gasteiger partial charge in [-0.05, 0) is 30.7 Å². The molecule has 12 N–H and O–H groups in total. The van der Waals surface area contributed by atoms with Crippen molar-refractivity contribution in [1.29, 1.82) is 0 Å². The van der Waals surface area contributed by atoms with Gasteiger partial charge in [0.2, 0.25) is 23.6 Å². The first kappa shape index (κ1) is 37.1. The Hall–Kier alpha value is -3.89. The SMILES string of the molecule is CC(C)C[C@H](NC(=O)[C@@H](N)CS)C(=O)N[C@@H](Cc1ccccc1)C(=O)N[C@@H](CCCN=C(N)N)C(=O)N[C@@H](CO)C(=O)O. The molecular formula is C27H44N8O7S. The lowest BCUT2D eigenvalue weighted by Gasteiger charge is -2.27. The van der Waals surface area contributed by atoms with Gasteiger partial charge in [0.15, 0.2) is 5.96 Å². The fourth-order valence-corrected chi connectivity index (χ4v) is 4.06. The van der Waals surface area contributed by atoms with Crippen LogP contribution in [0.4, 0.5) is 0 Å². The van der Waals surface area contributed by atoms with Gasteiger partial charge in [0.25, 0.3) is 0 Å². The summed E-state index contributed by atoms with van der Waals surface area (Å²) in [5, 5.41) is 28.7. The minimum Gasteiger partial charge on any atom is -0.480 e. The molecule has 0 aromatic heterocycles. The Morgan fingerprint density at radius 3 is 1.93 bits per heavy atom. The smallest absolute Gasteiger partial charge is 0.328 e. The van der Waals surface area contributed by atoms with Gasteiger partial charge in [-0.1, -0.05) is 44.2 Å². The van der Waals surface area contributed by atoms with Crippen LogP contribution in [0.1, 0.15) is 38.7 Å². The predicted octanol–water partition coefficient (Wildman–Crippen LogP) is -2.40. The molecule has 0 aliphatic rings. The van der Waals surface area contributed by atoms with Crippen molar-refractivity contribution >= 4 is 48.2 Å². The molecule has 0 unspecified atom stereocenters. The van der Waals surface area contributed by atoms with Crippen LogP contribution in [0.25, 0.3) is 0 Å². The molecule has 0 saturated carbocycles. The molecule has 1 rings (SSSR count). The Morgan fingerprint density at radius 2 is 1.40 bits per heavy atom. The normalized spacial score (nSPS) is 14.4. The number of nitrogens with zero attached hydrogens (tertiary/aromatic N) is 1. The van der Waals surface area contributed by atoms with E-state index in [9.17, 15) is 34.2 Å². The second kappa shape index (κ2) is 19.3. The third kappa shape index (κ3) is 14.2. The minimum absolute atomic E-state index is 0.00308. The number of rotatable bonds is 19. The number of carboxylic acids is 1. The summed E-state index contributed by atoms with van der Waals surface area (Å²) in [6.07, 6.45) is 0.528. The van der Waals surface area contributed by atoms with Gasteiger partial charge in [-0.25, -0.2) is 4.79 Å². The number of carboxylic acid groups (broad SMARTS) is 1. The lowest BCUT2D eigenvalue weighted by atomic mass is 10.0. The Balaban J connectivity index is 3.27. The molecule has 4 amide bonds. The van der Waals surface area contributed by atoms with E-state index in [0.717, 1.165) is 0 Å². The Kier molecular flexibility index (Phi) is 16.7. The number of thiol groups is 1. The van der Waals surface area contributed by atoms with Crippen molar-refractivity contribution < 1.29 is 34.2 Å². The number of hydrogen-bond acceptors (Lipinski definition) is 9. The lowest BCUT2D eigenvalue weighted by molar-refractivity contribution is -0.143. The first-order chi connectivity index (χ1) is 20.3. The van der Waals surface area contributed by atoms with Crippen molar-refractivity contribution in [2.24, 2.45) is 28.1 Å². The molecule has 240 valence electrons. The molecule has 0 aliphatic heterocycles. The minimum atomic E-state index is -1.60. The third-order valence-corrected chi connectivity index (χ3v) is 6.56. The van der Waals surface area contributed by atoms with Gasteiger partial charge in [0.05, 0.1) is 12.6 Å². The molecule has 43 heavy (non-hydrogen) atoms. The molecule has 0 saturated heterocycles. The molecule has 15 nitrogen and oxygen atoms in total. The molecule has 16 heteroatoms. The average Bonchev–Trinajstić information content (AvgIpc) is 2.95. The monoisotopic (exact) mass is 624 g/mol. The third-order valence-electron chi connectivity index (χ3n) is 6.16. The van der Waals surface area contributed by atoms with E-state index in [2.05, 4.69) is 38.9 Å². The average molecular weight is 625 g/mol. The number of amides is 4. The summed E-state index contributed by atoms with van der Waals surface area (Å²) in [5.41, 5.74) is 17.2. The highest BCUT2D eigenvalue weighted by molar-refractivity contribution is 7.80. The zero-order valence-corrected chi connectivity index (χ0v) is 25.3. The predicted molar refractivity (Wildman–Crippen MR) is 164 cm³/mol. The van der Waals surface area contributed by atoms with Crippen molar-refractivity contribution in [3.63, 3.8) is 0 Å². The highest BCUT2D eigenvalue weighted by atomic mass is 32.1. The van der Waals surface area contributed by atoms with Crippen LogP contribution in [0.5, 0.6) is 0 Å². The standard InChI is InChI=1S/C27H44N8O7S/c1-15(2)11-19(33-22(37)17(28)14-43)24(39)34-20(12-16-7-4-3-5-8-16)25(40)32-18(9-6-10-31-27(29)30)23(38)35-21(13-36)26(41)42/h3-5,7-8,15,17-21,36,43H,6,9-14,28H2,1-2H3,(H,32,40)(H,33,37)(H,34,39)(H,35,38)(H,41,42)(H4,29,30,31)/t17-,18-,19-,20-,21-/m0/s1. The number of guanidine groups is 1. The summed E-state index contributed by atoms with van der Waals surface area (Å²) in [4.78, 5) is 67.6. The summed E-state index contributed by atoms with van der Waals surface area (Å²) >= 11 is 4.03. The summed E-state index contributed by atoms with van der Waals surface area (Å²) in [5.74, 6) is -4.39. The highest BCUT2D eigenvalue weighted by Gasteiger charge is 2.32. The van der Waals surface area contributed by atoms with Crippen LogP contribution in [0.3, 0.4) is 0 Å². The zero-order chi connectivity index (χ0) is 32.5. The number of aliphatic hydroxyl groups excluding tert-OH is 1. The van der Waals surface area contributed by atoms with E-state index >= 15 is 0 Å². The summed E-state index contributed by atoms with van der Waals surface area (Å²) in [6, 6.07) is 2.80. The van der Waals surface area contributed by atoms with Gasteiger partial charge < -0.3 is 48.7 Å². The first-order valence-corrected chi connectivity index (χ1v) is 14.4. The van der Waals surface area contributed by atoms with Crippen molar-refractivity contribution in [3.05, 3.63) is 35.9 Å². The molecule has 5 atom stereocenters. The number of aliphatic imine (C=N–C) groups is 1. The number of nitrogens with two attached hydrogens (primary N) is 3. The summed E-state index contributed by atoms with van der Waals surface area (Å²) < 4.78 is 0. The maximum Gasteiger partial charge on any atom is 0.328 e.